The van der Waals surface area contributed by atoms with E-state index in [0.717, 1.165) is 5.57 Å². The van der Waals surface area contributed by atoms with Crippen LogP contribution in [0.15, 0.2) is 52.6 Å². The normalized spacial score (nSPS) is 17.8. The van der Waals surface area contributed by atoms with Crippen LogP contribution >= 0.6 is 0 Å². The molecule has 0 heterocycles. The number of hydrogen-bond acceptors (Lipinski definition) is 0. The average Bonchev–Trinajstić information content (AvgIpc) is 2.09. The minimum absolute atomic E-state index is 1.09. The molecule has 2 bridgehead atoms. The van der Waals surface area contributed by atoms with Gasteiger partial charge >= 0.3 is 0 Å². The molecule has 0 aromatic rings. The minimum atomic E-state index is 1.09. The molecule has 2 rings (SSSR count). The number of hydrogen-bond donors (Lipinski definition) is 0. The lowest BCUT2D eigenvalue weighted by Crippen LogP contribution is -1.59. The van der Waals surface area contributed by atoms with Gasteiger partial charge in [-0.2, -0.15) is 0 Å². The maximum absolute atomic E-state index is 2.93. The van der Waals surface area contributed by atoms with Gasteiger partial charge in [0.05, 0.1) is 0 Å². The van der Waals surface area contributed by atoms with Crippen molar-refractivity contribution in [2.24, 2.45) is 0 Å². The summed E-state index contributed by atoms with van der Waals surface area (Å²) in [6.07, 6.45) is 7.99. The fraction of sp³-hybridized carbons (Fsp3) is 0. The second-order valence-electron chi connectivity index (χ2n) is 1.97. The molecule has 2 aliphatic carbocycles. The highest BCUT2D eigenvalue weighted by Gasteiger charge is 1.97. The first kappa shape index (κ1) is 4.44. The van der Waals surface area contributed by atoms with Crippen LogP contribution in [0.4, 0.5) is 0 Å². The molecule has 0 heteroatoms. The van der Waals surface area contributed by atoms with E-state index in [1.807, 2.05) is 24.3 Å². The first-order valence-electron chi connectivity index (χ1n) is 2.82. The summed E-state index contributed by atoms with van der Waals surface area (Å²) in [7, 11) is 0. The second-order valence-corrected chi connectivity index (χ2v) is 1.97. The van der Waals surface area contributed by atoms with Crippen molar-refractivity contribution in [2.45, 2.75) is 0 Å². The van der Waals surface area contributed by atoms with Crippen LogP contribution in [-0.4, -0.2) is 0 Å². The summed E-state index contributed by atoms with van der Waals surface area (Å²) in [5.41, 5.74) is 10.8. The Hall–Kier alpha value is -1.44. The smallest absolute Gasteiger partial charge is 0.0261 e. The lowest BCUT2D eigenvalue weighted by atomic mass is 10.3. The molecule has 0 fully saturated rings. The number of fused-ring (bicyclic) bond motifs is 1. The minimum Gasteiger partial charge on any atom is -0.0608 e. The van der Waals surface area contributed by atoms with Crippen molar-refractivity contribution in [1.82, 2.24) is 0 Å². The van der Waals surface area contributed by atoms with Gasteiger partial charge in [0.15, 0.2) is 0 Å². The monoisotopic (exact) mass is 112 g/mol. The first-order valence-corrected chi connectivity index (χ1v) is 2.82. The molecule has 0 unspecified atom stereocenters. The molecule has 40 valence electrons. The Morgan fingerprint density at radius 1 is 1.22 bits per heavy atom. The molecule has 9 heavy (non-hydrogen) atoms. The van der Waals surface area contributed by atoms with E-state index < -0.39 is 0 Å². The molecule has 0 aromatic carbocycles. The van der Waals surface area contributed by atoms with Crippen LogP contribution in [0.5, 0.6) is 0 Å². The van der Waals surface area contributed by atoms with E-state index in [0.29, 0.717) is 0 Å². The molecule has 0 saturated carbocycles. The van der Waals surface area contributed by atoms with Crippen molar-refractivity contribution in [3.63, 3.8) is 0 Å². The highest BCUT2D eigenvalue weighted by Crippen LogP contribution is 2.15. The third-order valence-corrected chi connectivity index (χ3v) is 1.30. The lowest BCUT2D eigenvalue weighted by Gasteiger charge is -1.76. The van der Waals surface area contributed by atoms with Gasteiger partial charge in [0, 0.05) is 5.57 Å². The van der Waals surface area contributed by atoms with Crippen LogP contribution in [0, 0.1) is 0 Å². The van der Waals surface area contributed by atoms with Crippen LogP contribution in [-0.2, 0) is 0 Å². The highest BCUT2D eigenvalue weighted by molar-refractivity contribution is 5.50. The molecule has 0 atom stereocenters. The summed E-state index contributed by atoms with van der Waals surface area (Å²) in [5.74, 6) is 0. The van der Waals surface area contributed by atoms with E-state index in [1.54, 1.807) is 0 Å². The van der Waals surface area contributed by atoms with Gasteiger partial charge in [-0.1, -0.05) is 17.5 Å². The molecule has 0 N–H and O–H groups in total. The Kier molecular flexibility index (Phi) is 0.749. The third kappa shape index (κ3) is 0.643. The van der Waals surface area contributed by atoms with E-state index in [2.05, 4.69) is 17.2 Å². The van der Waals surface area contributed by atoms with Crippen molar-refractivity contribution in [2.75, 3.05) is 0 Å². The van der Waals surface area contributed by atoms with Crippen LogP contribution in [0.2, 0.25) is 0 Å². The van der Waals surface area contributed by atoms with Crippen molar-refractivity contribution in [3.8, 4) is 0 Å². The summed E-state index contributed by atoms with van der Waals surface area (Å²) in [6.45, 7) is 0. The molecular weight excluding hydrogens is 108 g/mol. The topological polar surface area (TPSA) is 0 Å². The Morgan fingerprint density at radius 3 is 3.22 bits per heavy atom. The van der Waals surface area contributed by atoms with Gasteiger partial charge in [-0.05, 0) is 29.5 Å². The molecule has 2 aliphatic rings. The van der Waals surface area contributed by atoms with Gasteiger partial charge in [0.1, 0.15) is 0 Å². The SMILES string of the molecule is C1=C=CC2=CC(=C=1)C=C2. The van der Waals surface area contributed by atoms with Crippen molar-refractivity contribution < 1.29 is 0 Å². The van der Waals surface area contributed by atoms with Crippen LogP contribution in [0.1, 0.15) is 0 Å². The molecule has 0 spiro atoms. The van der Waals surface area contributed by atoms with Gasteiger partial charge in [-0.25, -0.2) is 0 Å². The Balaban J connectivity index is 2.88. The van der Waals surface area contributed by atoms with Gasteiger partial charge in [0.25, 0.3) is 0 Å². The van der Waals surface area contributed by atoms with Crippen molar-refractivity contribution >= 4 is 0 Å². The summed E-state index contributed by atoms with van der Waals surface area (Å²) in [6, 6.07) is 0. The average molecular weight is 112 g/mol. The van der Waals surface area contributed by atoms with E-state index in [9.17, 15) is 0 Å². The Labute approximate surface area is 53.5 Å². The van der Waals surface area contributed by atoms with Crippen molar-refractivity contribution in [3.05, 3.63) is 52.6 Å². The maximum Gasteiger partial charge on any atom is 0.0261 e. The fourth-order valence-electron chi connectivity index (χ4n) is 0.857. The molecule has 0 amide bonds. The fourth-order valence-corrected chi connectivity index (χ4v) is 0.857. The second kappa shape index (κ2) is 1.52. The summed E-state index contributed by atoms with van der Waals surface area (Å²) >= 11 is 0. The van der Waals surface area contributed by atoms with Crippen LogP contribution in [0.3, 0.4) is 0 Å². The molecule has 0 nitrogen and oxygen atoms in total. The van der Waals surface area contributed by atoms with Crippen LogP contribution < -0.4 is 0 Å². The van der Waals surface area contributed by atoms with E-state index >= 15 is 0 Å². The summed E-state index contributed by atoms with van der Waals surface area (Å²) < 4.78 is 0. The molecule has 0 saturated heterocycles. The predicted molar refractivity (Wildman–Crippen MR) is 35.8 cm³/mol. The van der Waals surface area contributed by atoms with Gasteiger partial charge < -0.3 is 0 Å². The quantitative estimate of drug-likeness (QED) is 0.420. The summed E-state index contributed by atoms with van der Waals surface area (Å²) in [5, 5.41) is 0. The number of allylic oxidation sites excluding steroid dienone is 6. The Bertz CT molecular complexity index is 332. The first-order chi connectivity index (χ1) is 4.45. The van der Waals surface area contributed by atoms with Gasteiger partial charge in [-0.3, -0.25) is 0 Å². The molecular formula is C9H4. The van der Waals surface area contributed by atoms with Gasteiger partial charge in [-0.15, -0.1) is 0 Å². The Morgan fingerprint density at radius 2 is 2.22 bits per heavy atom. The molecule has 0 aliphatic heterocycles. The predicted octanol–water partition coefficient (Wildman–Crippen LogP) is 1.89. The zero-order valence-electron chi connectivity index (χ0n) is 4.81. The highest BCUT2D eigenvalue weighted by atomic mass is 14.0. The largest absolute Gasteiger partial charge is 0.0608 e. The van der Waals surface area contributed by atoms with E-state index in [-0.39, 0.29) is 0 Å². The maximum atomic E-state index is 2.93. The van der Waals surface area contributed by atoms with E-state index in [1.165, 1.54) is 5.57 Å². The van der Waals surface area contributed by atoms with E-state index in [4.69, 9.17) is 0 Å². The van der Waals surface area contributed by atoms with Crippen molar-refractivity contribution in [1.29, 1.82) is 0 Å². The van der Waals surface area contributed by atoms with Crippen LogP contribution in [0.25, 0.3) is 0 Å². The third-order valence-electron chi connectivity index (χ3n) is 1.30. The molecule has 0 radical (unpaired) electrons. The summed E-state index contributed by atoms with van der Waals surface area (Å²) in [4.78, 5) is 0. The van der Waals surface area contributed by atoms with Gasteiger partial charge in [0.2, 0.25) is 0 Å². The zero-order valence-corrected chi connectivity index (χ0v) is 4.81. The zero-order chi connectivity index (χ0) is 6.10. The standard InChI is InChI=1S/C9H4/c1-2-4-9-6-5-8(3-1)7-9/h3,5-7H. The number of rotatable bonds is 0. The molecule has 0 aromatic heterocycles. The lowest BCUT2D eigenvalue weighted by molar-refractivity contribution is 1.77.